The second-order valence-corrected chi connectivity index (χ2v) is 14.1. The van der Waals surface area contributed by atoms with Crippen LogP contribution >= 0.6 is 11.8 Å². The number of nitrogens with zero attached hydrogens (tertiary/aromatic N) is 6. The Balaban J connectivity index is 0.00000166. The number of halogens is 1. The molecule has 0 saturated carbocycles. The number of carbonyl (C=O) groups excluding carboxylic acids is 1. The molecule has 4 aromatic rings. The van der Waals surface area contributed by atoms with Crippen molar-refractivity contribution in [1.29, 1.82) is 0 Å². The summed E-state index contributed by atoms with van der Waals surface area (Å²) in [5.41, 5.74) is 4.08. The Morgan fingerprint density at radius 3 is 2.72 bits per heavy atom. The highest BCUT2D eigenvalue weighted by Gasteiger charge is 2.45. The zero-order valence-corrected chi connectivity index (χ0v) is 27.8. The third-order valence-electron chi connectivity index (χ3n) is 9.99. The fourth-order valence-corrected chi connectivity index (χ4v) is 8.90. The van der Waals surface area contributed by atoms with E-state index in [2.05, 4.69) is 31.4 Å². The molecule has 10 nitrogen and oxygen atoms in total. The molecular formula is C34H43FN8O2S. The summed E-state index contributed by atoms with van der Waals surface area (Å²) in [6.07, 6.45) is 10.8. The number of thioether (sulfide) groups is 1. The van der Waals surface area contributed by atoms with E-state index in [0.717, 1.165) is 85.8 Å². The zero-order chi connectivity index (χ0) is 31.8. The molecular weight excluding hydrogens is 603 g/mol. The molecule has 6 bridgehead atoms. The van der Waals surface area contributed by atoms with Crippen LogP contribution in [-0.4, -0.2) is 85.4 Å². The molecule has 1 unspecified atom stereocenters. The number of hydrogen-bond donors (Lipinski definition) is 2. The SMILES string of the molecule is CC.Cc1cc2[nH]ncc2c2c1CCCCC(=O)SC1CNCN(C1)c1nc(OCC34CCCN3CCC4)nc3c(F)c-2ncc13. The van der Waals surface area contributed by atoms with Crippen molar-refractivity contribution < 1.29 is 13.9 Å². The van der Waals surface area contributed by atoms with Crippen molar-refractivity contribution >= 4 is 44.5 Å². The van der Waals surface area contributed by atoms with E-state index in [4.69, 9.17) is 19.7 Å². The van der Waals surface area contributed by atoms with E-state index in [0.29, 0.717) is 43.9 Å². The third-order valence-corrected chi connectivity index (χ3v) is 11.1. The first-order valence-electron chi connectivity index (χ1n) is 16.8. The fourth-order valence-electron chi connectivity index (χ4n) is 7.81. The molecule has 2 N–H and O–H groups in total. The van der Waals surface area contributed by atoms with Crippen molar-refractivity contribution in [2.24, 2.45) is 0 Å². The average molecular weight is 647 g/mol. The molecule has 46 heavy (non-hydrogen) atoms. The Morgan fingerprint density at radius 1 is 1.09 bits per heavy atom. The highest BCUT2D eigenvalue weighted by molar-refractivity contribution is 8.14. The van der Waals surface area contributed by atoms with Gasteiger partial charge in [-0.3, -0.25) is 25.1 Å². The van der Waals surface area contributed by atoms with Crippen molar-refractivity contribution in [3.63, 3.8) is 0 Å². The molecule has 1 atom stereocenters. The van der Waals surface area contributed by atoms with Gasteiger partial charge in [0.05, 0.1) is 29.3 Å². The minimum absolute atomic E-state index is 0.00627. The van der Waals surface area contributed by atoms with E-state index in [1.54, 1.807) is 12.4 Å². The Bertz CT molecular complexity index is 1750. The molecule has 12 heteroatoms. The molecule has 5 aliphatic rings. The maximum atomic E-state index is 17.0. The van der Waals surface area contributed by atoms with Crippen molar-refractivity contribution in [1.82, 2.24) is 35.4 Å². The van der Waals surface area contributed by atoms with Crippen LogP contribution in [-0.2, 0) is 11.2 Å². The van der Waals surface area contributed by atoms with Crippen molar-refractivity contribution in [3.8, 4) is 17.3 Å². The van der Waals surface area contributed by atoms with Crippen LogP contribution in [0.3, 0.4) is 0 Å². The molecule has 0 amide bonds. The summed E-state index contributed by atoms with van der Waals surface area (Å²) in [4.78, 5) is 32.0. The molecule has 8 heterocycles. The minimum Gasteiger partial charge on any atom is -0.461 e. The van der Waals surface area contributed by atoms with Gasteiger partial charge in [-0.1, -0.05) is 25.6 Å². The quantitative estimate of drug-likeness (QED) is 0.285. The Morgan fingerprint density at radius 2 is 1.89 bits per heavy atom. The van der Waals surface area contributed by atoms with Crippen LogP contribution in [0.15, 0.2) is 18.5 Å². The zero-order valence-electron chi connectivity index (χ0n) is 27.0. The number of aromatic nitrogens is 5. The van der Waals surface area contributed by atoms with Gasteiger partial charge in [-0.05, 0) is 82.2 Å². The molecule has 5 aliphatic heterocycles. The average Bonchev–Trinajstić information content (AvgIpc) is 3.79. The number of nitrogens with one attached hydrogen (secondary N) is 2. The van der Waals surface area contributed by atoms with E-state index >= 15 is 4.39 Å². The van der Waals surface area contributed by atoms with Crippen LogP contribution in [0.1, 0.15) is 69.9 Å². The van der Waals surface area contributed by atoms with Crippen molar-refractivity contribution in [2.45, 2.75) is 82.9 Å². The lowest BCUT2D eigenvalue weighted by Gasteiger charge is -2.34. The number of ether oxygens (including phenoxy) is 1. The predicted octanol–water partition coefficient (Wildman–Crippen LogP) is 5.77. The number of aryl methyl sites for hydroxylation is 1. The first-order valence-corrected chi connectivity index (χ1v) is 17.7. The number of pyridine rings is 1. The maximum absolute atomic E-state index is 17.0. The van der Waals surface area contributed by atoms with Gasteiger partial charge in [0, 0.05) is 41.9 Å². The Hall–Kier alpha value is -3.35. The summed E-state index contributed by atoms with van der Waals surface area (Å²) in [5.74, 6) is 0.0930. The van der Waals surface area contributed by atoms with Crippen LogP contribution < -0.4 is 15.0 Å². The molecule has 3 saturated heterocycles. The smallest absolute Gasteiger partial charge is 0.319 e. The summed E-state index contributed by atoms with van der Waals surface area (Å²) in [5, 5.41) is 12.4. The molecule has 3 fully saturated rings. The highest BCUT2D eigenvalue weighted by atomic mass is 32.2. The summed E-state index contributed by atoms with van der Waals surface area (Å²) < 4.78 is 23.4. The van der Waals surface area contributed by atoms with Gasteiger partial charge in [-0.2, -0.15) is 15.1 Å². The van der Waals surface area contributed by atoms with E-state index in [1.807, 2.05) is 20.8 Å². The summed E-state index contributed by atoms with van der Waals surface area (Å²) in [7, 11) is 0. The number of aromatic amines is 1. The number of anilines is 1. The number of fused-ring (bicyclic) bond motifs is 8. The number of carbonyl (C=O) groups is 1. The Labute approximate surface area is 273 Å². The van der Waals surface area contributed by atoms with Gasteiger partial charge < -0.3 is 9.64 Å². The van der Waals surface area contributed by atoms with E-state index < -0.39 is 5.82 Å². The van der Waals surface area contributed by atoms with Crippen LogP contribution in [0.2, 0.25) is 0 Å². The lowest BCUT2D eigenvalue weighted by molar-refractivity contribution is -0.111. The first kappa shape index (κ1) is 31.3. The summed E-state index contributed by atoms with van der Waals surface area (Å²) >= 11 is 1.40. The highest BCUT2D eigenvalue weighted by Crippen LogP contribution is 2.41. The third kappa shape index (κ3) is 5.62. The monoisotopic (exact) mass is 646 g/mol. The van der Waals surface area contributed by atoms with Crippen LogP contribution in [0, 0.1) is 12.7 Å². The van der Waals surface area contributed by atoms with Crippen molar-refractivity contribution in [3.05, 3.63) is 35.4 Å². The molecule has 9 rings (SSSR count). The summed E-state index contributed by atoms with van der Waals surface area (Å²) in [6, 6.07) is 2.24. The molecule has 0 radical (unpaired) electrons. The lowest BCUT2D eigenvalue weighted by Crippen LogP contribution is -2.49. The fraction of sp³-hybridized carbons (Fsp3) is 0.559. The van der Waals surface area contributed by atoms with Gasteiger partial charge in [0.2, 0.25) is 0 Å². The topological polar surface area (TPSA) is 112 Å². The first-order chi connectivity index (χ1) is 22.5. The Kier molecular flexibility index (Phi) is 8.86. The largest absolute Gasteiger partial charge is 0.461 e. The van der Waals surface area contributed by atoms with Gasteiger partial charge in [0.1, 0.15) is 23.6 Å². The molecule has 244 valence electrons. The van der Waals surface area contributed by atoms with Crippen LogP contribution in [0.5, 0.6) is 6.01 Å². The molecule has 0 spiro atoms. The second kappa shape index (κ2) is 13.0. The number of H-pyrrole nitrogens is 1. The van der Waals surface area contributed by atoms with Gasteiger partial charge in [-0.15, -0.1) is 0 Å². The maximum Gasteiger partial charge on any atom is 0.319 e. The van der Waals surface area contributed by atoms with Crippen LogP contribution in [0.4, 0.5) is 10.2 Å². The van der Waals surface area contributed by atoms with E-state index in [-0.39, 0.29) is 33.1 Å². The van der Waals surface area contributed by atoms with Gasteiger partial charge in [0.15, 0.2) is 10.9 Å². The normalized spacial score (nSPS) is 21.4. The number of benzene rings is 1. The molecule has 3 aromatic heterocycles. The van der Waals surface area contributed by atoms with Gasteiger partial charge >= 0.3 is 6.01 Å². The molecule has 0 aliphatic carbocycles. The minimum atomic E-state index is -0.481. The van der Waals surface area contributed by atoms with Gasteiger partial charge in [-0.25, -0.2) is 4.39 Å². The number of rotatable bonds is 3. The van der Waals surface area contributed by atoms with Crippen LogP contribution in [0.25, 0.3) is 33.1 Å². The lowest BCUT2D eigenvalue weighted by atomic mass is 9.91. The predicted molar refractivity (Wildman–Crippen MR) is 181 cm³/mol. The summed E-state index contributed by atoms with van der Waals surface area (Å²) in [6.45, 7) is 10.6. The second-order valence-electron chi connectivity index (χ2n) is 12.8. The standard InChI is InChI=1S/C32H37FN8O2S.C2H6/c1-19-12-24-22(15-36-39-24)26-21(19)6-2-3-7-25(42)44-20-13-34-18-40(16-20)30-23-14-35-29(26)27(33)28(23)37-31(38-30)43-17-32-8-4-10-41(32)11-5-9-32;1-2/h12,14-15,20,34H,2-11,13,16-18H2,1H3,(H,36,39);1-2H3. The van der Waals surface area contributed by atoms with E-state index in [1.165, 1.54) is 11.8 Å². The molecule has 1 aromatic carbocycles. The number of hydrogen-bond acceptors (Lipinski definition) is 10. The van der Waals surface area contributed by atoms with E-state index in [9.17, 15) is 4.79 Å². The van der Waals surface area contributed by atoms with Crippen molar-refractivity contribution in [2.75, 3.05) is 44.4 Å². The van der Waals surface area contributed by atoms with Gasteiger partial charge in [0.25, 0.3) is 0 Å².